The molecule has 5 heteroatoms. The molecule has 112 valence electrons. The maximum Gasteiger partial charge on any atom is 0.514 e. The second-order valence-corrected chi connectivity index (χ2v) is 4.18. The lowest BCUT2D eigenvalue weighted by molar-refractivity contribution is 0.0734. The van der Waals surface area contributed by atoms with Crippen LogP contribution in [0.4, 0.5) is 4.79 Å². The monoisotopic (exact) mass is 298 g/mol. The van der Waals surface area contributed by atoms with Crippen molar-refractivity contribution in [1.29, 1.82) is 0 Å². The molecular weight excluding hydrogens is 284 g/mol. The number of hydrogen-bond donors (Lipinski definition) is 0. The summed E-state index contributed by atoms with van der Waals surface area (Å²) in [5.41, 5.74) is 0.454. The minimum Gasteiger partial charge on any atom is -0.430 e. The molecule has 0 fully saturated rings. The zero-order chi connectivity index (χ0) is 15.8. The fourth-order valence-electron chi connectivity index (χ4n) is 1.57. The first-order chi connectivity index (χ1) is 10.7. The number of carbonyl (C=O) groups excluding carboxylic acids is 2. The van der Waals surface area contributed by atoms with Crippen LogP contribution in [-0.2, 0) is 4.74 Å². The van der Waals surface area contributed by atoms with Crippen molar-refractivity contribution in [3.63, 3.8) is 0 Å². The normalized spacial score (nSPS) is 9.64. The molecule has 2 rings (SSSR count). The van der Waals surface area contributed by atoms with E-state index in [-0.39, 0.29) is 12.4 Å². The van der Waals surface area contributed by atoms with E-state index in [0.717, 1.165) is 0 Å². The van der Waals surface area contributed by atoms with Gasteiger partial charge in [-0.15, -0.1) is 0 Å². The summed E-state index contributed by atoms with van der Waals surface area (Å²) in [6.07, 6.45) is 0.613. The van der Waals surface area contributed by atoms with Gasteiger partial charge in [0.05, 0.1) is 5.56 Å². The minimum atomic E-state index is -0.825. The van der Waals surface area contributed by atoms with Gasteiger partial charge in [-0.3, -0.25) is 0 Å². The Morgan fingerprint density at radius 1 is 0.909 bits per heavy atom. The van der Waals surface area contributed by atoms with Crippen LogP contribution >= 0.6 is 0 Å². The van der Waals surface area contributed by atoms with Crippen LogP contribution in [0.25, 0.3) is 0 Å². The van der Waals surface area contributed by atoms with Gasteiger partial charge >= 0.3 is 12.1 Å². The van der Waals surface area contributed by atoms with Gasteiger partial charge in [0.25, 0.3) is 0 Å². The predicted molar refractivity (Wildman–Crippen MR) is 80.0 cm³/mol. The number of benzene rings is 2. The predicted octanol–water partition coefficient (Wildman–Crippen LogP) is 3.61. The molecule has 22 heavy (non-hydrogen) atoms. The first-order valence-corrected chi connectivity index (χ1v) is 6.52. The first-order valence-electron chi connectivity index (χ1n) is 6.52. The Balaban J connectivity index is 1.93. The number of esters is 1. The summed E-state index contributed by atoms with van der Waals surface area (Å²) in [6, 6.07) is 14.7. The Morgan fingerprint density at radius 2 is 1.50 bits per heavy atom. The Labute approximate surface area is 127 Å². The largest absolute Gasteiger partial charge is 0.514 e. The summed E-state index contributed by atoms with van der Waals surface area (Å²) >= 11 is 0. The molecular formula is C17H14O5. The van der Waals surface area contributed by atoms with Crippen LogP contribution in [0.15, 0.2) is 67.3 Å². The third-order valence-corrected chi connectivity index (χ3v) is 2.56. The highest BCUT2D eigenvalue weighted by Gasteiger charge is 2.09. The standard InChI is InChI=1S/C17H14O5/c1-2-12-20-17(19)22-15-10-8-14(9-11-15)21-16(18)13-6-4-3-5-7-13/h2-11H,1,12H2. The maximum absolute atomic E-state index is 11.9. The Morgan fingerprint density at radius 3 is 2.09 bits per heavy atom. The van der Waals surface area contributed by atoms with Crippen LogP contribution in [0, 0.1) is 0 Å². The molecule has 0 unspecified atom stereocenters. The Bertz CT molecular complexity index is 647. The van der Waals surface area contributed by atoms with Crippen molar-refractivity contribution in [3.8, 4) is 11.5 Å². The van der Waals surface area contributed by atoms with Crippen LogP contribution in [0.5, 0.6) is 11.5 Å². The minimum absolute atomic E-state index is 0.0750. The van der Waals surface area contributed by atoms with E-state index in [1.54, 1.807) is 24.3 Å². The molecule has 0 saturated carbocycles. The molecule has 5 nitrogen and oxygen atoms in total. The van der Waals surface area contributed by atoms with Gasteiger partial charge in [0.15, 0.2) is 0 Å². The Hall–Kier alpha value is -3.08. The van der Waals surface area contributed by atoms with E-state index in [1.165, 1.54) is 30.3 Å². The summed E-state index contributed by atoms with van der Waals surface area (Å²) in [4.78, 5) is 23.1. The molecule has 0 saturated heterocycles. The number of carbonyl (C=O) groups is 2. The van der Waals surface area contributed by atoms with E-state index < -0.39 is 12.1 Å². The van der Waals surface area contributed by atoms with Crippen molar-refractivity contribution >= 4 is 12.1 Å². The number of rotatable bonds is 5. The molecule has 0 radical (unpaired) electrons. The third-order valence-electron chi connectivity index (χ3n) is 2.56. The molecule has 0 aromatic heterocycles. The maximum atomic E-state index is 11.9. The van der Waals surface area contributed by atoms with E-state index in [4.69, 9.17) is 9.47 Å². The van der Waals surface area contributed by atoms with Gasteiger partial charge in [-0.2, -0.15) is 0 Å². The summed E-state index contributed by atoms with van der Waals surface area (Å²) in [5, 5.41) is 0. The molecule has 0 aliphatic carbocycles. The van der Waals surface area contributed by atoms with Gasteiger partial charge in [0, 0.05) is 0 Å². The highest BCUT2D eigenvalue weighted by Crippen LogP contribution is 2.19. The van der Waals surface area contributed by atoms with Crippen molar-refractivity contribution in [1.82, 2.24) is 0 Å². The zero-order valence-corrected chi connectivity index (χ0v) is 11.7. The molecule has 0 spiro atoms. The Kier molecular flexibility index (Phi) is 5.31. The average molecular weight is 298 g/mol. The highest BCUT2D eigenvalue weighted by atomic mass is 16.7. The van der Waals surface area contributed by atoms with Crippen molar-refractivity contribution < 1.29 is 23.8 Å². The van der Waals surface area contributed by atoms with Gasteiger partial charge in [0.2, 0.25) is 0 Å². The lowest BCUT2D eigenvalue weighted by Gasteiger charge is -2.06. The van der Waals surface area contributed by atoms with Crippen molar-refractivity contribution in [2.75, 3.05) is 6.61 Å². The second kappa shape index (κ2) is 7.64. The van der Waals surface area contributed by atoms with Crippen molar-refractivity contribution in [2.45, 2.75) is 0 Å². The molecule has 0 atom stereocenters. The quantitative estimate of drug-likeness (QED) is 0.365. The lowest BCUT2D eigenvalue weighted by atomic mass is 10.2. The van der Waals surface area contributed by atoms with Crippen LogP contribution < -0.4 is 9.47 Å². The molecule has 2 aromatic carbocycles. The lowest BCUT2D eigenvalue weighted by Crippen LogP contribution is -2.10. The molecule has 0 N–H and O–H groups in total. The number of ether oxygens (including phenoxy) is 3. The van der Waals surface area contributed by atoms with Crippen molar-refractivity contribution in [3.05, 3.63) is 72.8 Å². The van der Waals surface area contributed by atoms with Gasteiger partial charge in [-0.25, -0.2) is 9.59 Å². The van der Waals surface area contributed by atoms with Gasteiger partial charge < -0.3 is 14.2 Å². The molecule has 0 aliphatic rings. The summed E-state index contributed by atoms with van der Waals surface area (Å²) < 4.78 is 14.8. The SMILES string of the molecule is C=CCOC(=O)Oc1ccc(OC(=O)c2ccccc2)cc1. The topological polar surface area (TPSA) is 61.8 Å². The van der Waals surface area contributed by atoms with Crippen molar-refractivity contribution in [2.24, 2.45) is 0 Å². The van der Waals surface area contributed by atoms with Gasteiger partial charge in [-0.05, 0) is 36.4 Å². The smallest absolute Gasteiger partial charge is 0.430 e. The highest BCUT2D eigenvalue weighted by molar-refractivity contribution is 5.90. The van der Waals surface area contributed by atoms with E-state index in [9.17, 15) is 9.59 Å². The van der Waals surface area contributed by atoms with E-state index in [1.807, 2.05) is 6.07 Å². The van der Waals surface area contributed by atoms with Crippen LogP contribution in [0.2, 0.25) is 0 Å². The molecule has 0 aliphatic heterocycles. The van der Waals surface area contributed by atoms with Gasteiger partial charge in [-0.1, -0.05) is 30.9 Å². The fraction of sp³-hybridized carbons (Fsp3) is 0.0588. The summed E-state index contributed by atoms with van der Waals surface area (Å²) in [6.45, 7) is 3.50. The van der Waals surface area contributed by atoms with E-state index in [2.05, 4.69) is 11.3 Å². The zero-order valence-electron chi connectivity index (χ0n) is 11.7. The van der Waals surface area contributed by atoms with E-state index >= 15 is 0 Å². The average Bonchev–Trinajstić information content (AvgIpc) is 2.55. The first kappa shape index (κ1) is 15.3. The van der Waals surface area contributed by atoms with Crippen LogP contribution in [0.1, 0.15) is 10.4 Å². The second-order valence-electron chi connectivity index (χ2n) is 4.18. The van der Waals surface area contributed by atoms with Crippen LogP contribution in [0.3, 0.4) is 0 Å². The molecule has 0 amide bonds. The van der Waals surface area contributed by atoms with Crippen LogP contribution in [-0.4, -0.2) is 18.7 Å². The molecule has 2 aromatic rings. The third kappa shape index (κ3) is 4.49. The van der Waals surface area contributed by atoms with Gasteiger partial charge in [0.1, 0.15) is 18.1 Å². The summed E-state index contributed by atoms with van der Waals surface area (Å²) in [5.74, 6) is 0.175. The molecule has 0 bridgehead atoms. The summed E-state index contributed by atoms with van der Waals surface area (Å²) in [7, 11) is 0. The van der Waals surface area contributed by atoms with E-state index in [0.29, 0.717) is 11.3 Å². The molecule has 0 heterocycles. The number of hydrogen-bond acceptors (Lipinski definition) is 5. The fourth-order valence-corrected chi connectivity index (χ4v) is 1.57.